The number of nitrogens with one attached hydrogen (secondary N) is 2. The maximum absolute atomic E-state index is 13.4. The first-order valence-corrected chi connectivity index (χ1v) is 14.1. The highest BCUT2D eigenvalue weighted by molar-refractivity contribution is 5.96. The molecule has 2 aromatic carbocycles. The van der Waals surface area contributed by atoms with Gasteiger partial charge in [0.1, 0.15) is 17.4 Å². The number of nitrogens with zero attached hydrogens (tertiary/aromatic N) is 5. The van der Waals surface area contributed by atoms with Crippen molar-refractivity contribution in [3.8, 4) is 11.3 Å². The lowest BCUT2D eigenvalue weighted by Gasteiger charge is -2.40. The molecule has 4 aromatic rings. The molecule has 1 aliphatic heterocycles. The van der Waals surface area contributed by atoms with E-state index in [2.05, 4.69) is 20.6 Å². The zero-order valence-corrected chi connectivity index (χ0v) is 24.9. The number of amides is 3. The van der Waals surface area contributed by atoms with Crippen molar-refractivity contribution in [1.82, 2.24) is 30.1 Å². The van der Waals surface area contributed by atoms with Crippen LogP contribution in [0.15, 0.2) is 67.0 Å². The van der Waals surface area contributed by atoms with Gasteiger partial charge in [0, 0.05) is 55.1 Å². The van der Waals surface area contributed by atoms with E-state index >= 15 is 0 Å². The van der Waals surface area contributed by atoms with Crippen LogP contribution in [0, 0.1) is 0 Å². The average molecular weight is 582 g/mol. The predicted octanol–water partition coefficient (Wildman–Crippen LogP) is 4.88. The van der Waals surface area contributed by atoms with Crippen molar-refractivity contribution in [2.45, 2.75) is 39.3 Å². The molecule has 0 spiro atoms. The van der Waals surface area contributed by atoms with Gasteiger partial charge >= 0.3 is 6.09 Å². The molecule has 3 heterocycles. The number of benzene rings is 2. The van der Waals surface area contributed by atoms with E-state index in [9.17, 15) is 14.4 Å². The van der Waals surface area contributed by atoms with E-state index in [1.54, 1.807) is 53.2 Å². The lowest BCUT2D eigenvalue weighted by Crippen LogP contribution is -2.56. The van der Waals surface area contributed by atoms with Gasteiger partial charge < -0.3 is 25.2 Å². The second-order valence-electron chi connectivity index (χ2n) is 11.4. The van der Waals surface area contributed by atoms with Gasteiger partial charge in [-0.3, -0.25) is 9.59 Å². The molecule has 2 N–H and O–H groups in total. The highest BCUT2D eigenvalue weighted by atomic mass is 16.6. The van der Waals surface area contributed by atoms with Crippen molar-refractivity contribution in [3.05, 3.63) is 78.1 Å². The van der Waals surface area contributed by atoms with Crippen molar-refractivity contribution >= 4 is 40.4 Å². The van der Waals surface area contributed by atoms with Crippen molar-refractivity contribution in [1.29, 1.82) is 0 Å². The van der Waals surface area contributed by atoms with Gasteiger partial charge in [-0.2, -0.15) is 0 Å². The molecule has 0 aliphatic carbocycles. The van der Waals surface area contributed by atoms with Gasteiger partial charge in [-0.05, 0) is 76.2 Å². The molecule has 1 fully saturated rings. The Labute approximate surface area is 250 Å². The van der Waals surface area contributed by atoms with Crippen molar-refractivity contribution < 1.29 is 19.1 Å². The zero-order valence-electron chi connectivity index (χ0n) is 24.9. The molecule has 0 radical (unpaired) electrons. The predicted molar refractivity (Wildman–Crippen MR) is 164 cm³/mol. The number of aromatic nitrogens is 3. The Hall–Kier alpha value is -5.06. The summed E-state index contributed by atoms with van der Waals surface area (Å²) < 4.78 is 5.49. The second-order valence-corrected chi connectivity index (χ2v) is 11.4. The number of anilines is 2. The molecular formula is C32H35N7O4. The highest BCUT2D eigenvalue weighted by Crippen LogP contribution is 2.26. The molecule has 2 aromatic heterocycles. The highest BCUT2D eigenvalue weighted by Gasteiger charge is 2.32. The number of piperazine rings is 1. The Bertz CT molecular complexity index is 1650. The molecule has 1 atom stereocenters. The van der Waals surface area contributed by atoms with Gasteiger partial charge in [-0.15, -0.1) is 0 Å². The first-order chi connectivity index (χ1) is 20.5. The molecule has 0 unspecified atom stereocenters. The van der Waals surface area contributed by atoms with E-state index in [-0.39, 0.29) is 23.9 Å². The SMILES string of the molecule is CNC(=O)c1ccc(Nc2ncnc3ccc(-c4ccc(C(=O)N5CCN(C(=O)OC(C)(C)C)C[C@@H]5C)cc4)nc23)cc1. The lowest BCUT2D eigenvalue weighted by atomic mass is 10.1. The molecule has 1 saturated heterocycles. The number of hydrogen-bond acceptors (Lipinski definition) is 8. The topological polar surface area (TPSA) is 130 Å². The number of carbonyl (C=O) groups excluding carboxylic acids is 3. The third-order valence-electron chi connectivity index (χ3n) is 7.09. The molecule has 222 valence electrons. The molecule has 0 bridgehead atoms. The molecule has 43 heavy (non-hydrogen) atoms. The summed E-state index contributed by atoms with van der Waals surface area (Å²) in [5.41, 5.74) is 4.12. The van der Waals surface area contributed by atoms with E-state index in [4.69, 9.17) is 9.72 Å². The summed E-state index contributed by atoms with van der Waals surface area (Å²) in [5, 5.41) is 5.88. The molecule has 3 amide bonds. The zero-order chi connectivity index (χ0) is 30.7. The first kappa shape index (κ1) is 29.4. The quantitative estimate of drug-likeness (QED) is 0.341. The summed E-state index contributed by atoms with van der Waals surface area (Å²) in [4.78, 5) is 54.7. The van der Waals surface area contributed by atoms with E-state index in [0.29, 0.717) is 53.3 Å². The van der Waals surface area contributed by atoms with Crippen LogP contribution in [0.3, 0.4) is 0 Å². The lowest BCUT2D eigenvalue weighted by molar-refractivity contribution is 0.00617. The number of hydrogen-bond donors (Lipinski definition) is 2. The Kier molecular flexibility index (Phi) is 8.24. The smallest absolute Gasteiger partial charge is 0.410 e. The monoisotopic (exact) mass is 581 g/mol. The third kappa shape index (κ3) is 6.72. The number of carbonyl (C=O) groups is 3. The number of ether oxygens (including phenoxy) is 1. The van der Waals surface area contributed by atoms with Gasteiger partial charge in [-0.25, -0.2) is 19.7 Å². The summed E-state index contributed by atoms with van der Waals surface area (Å²) in [6, 6.07) is 18.0. The van der Waals surface area contributed by atoms with E-state index < -0.39 is 5.60 Å². The van der Waals surface area contributed by atoms with Crippen LogP contribution < -0.4 is 10.6 Å². The Balaban J connectivity index is 1.30. The minimum absolute atomic E-state index is 0.0864. The average Bonchev–Trinajstić information content (AvgIpc) is 3.00. The number of rotatable bonds is 5. The Morgan fingerprint density at radius 1 is 0.907 bits per heavy atom. The summed E-state index contributed by atoms with van der Waals surface area (Å²) >= 11 is 0. The molecule has 11 nitrogen and oxygen atoms in total. The normalized spacial score (nSPS) is 15.2. The summed E-state index contributed by atoms with van der Waals surface area (Å²) in [6.45, 7) is 8.71. The van der Waals surface area contributed by atoms with Crippen molar-refractivity contribution in [3.63, 3.8) is 0 Å². The summed E-state index contributed by atoms with van der Waals surface area (Å²) in [6.07, 6.45) is 1.11. The fourth-order valence-electron chi connectivity index (χ4n) is 4.88. The number of pyridine rings is 1. The molecule has 5 rings (SSSR count). The molecule has 0 saturated carbocycles. The van der Waals surface area contributed by atoms with Crippen LogP contribution in [0.1, 0.15) is 48.4 Å². The minimum atomic E-state index is -0.568. The standard InChI is InChI=1S/C32H35N7O4/c1-20-18-38(31(42)43-32(2,3)4)16-17-39(20)30(41)23-8-6-21(7-9-23)25-14-15-26-27(37-25)28(35-19-34-26)36-24-12-10-22(11-13-24)29(40)33-5/h6-15,19-20H,16-18H2,1-5H3,(H,33,40)(H,34,35,36)/t20-/m0/s1. The number of fused-ring (bicyclic) bond motifs is 1. The van der Waals surface area contributed by atoms with E-state index in [1.165, 1.54) is 6.33 Å². The third-order valence-corrected chi connectivity index (χ3v) is 7.09. The van der Waals surface area contributed by atoms with Gasteiger partial charge in [-0.1, -0.05) is 12.1 Å². The van der Waals surface area contributed by atoms with Crippen molar-refractivity contribution in [2.24, 2.45) is 0 Å². The maximum Gasteiger partial charge on any atom is 0.410 e. The van der Waals surface area contributed by atoms with Crippen LogP contribution >= 0.6 is 0 Å². The van der Waals surface area contributed by atoms with Crippen molar-refractivity contribution in [2.75, 3.05) is 32.0 Å². The van der Waals surface area contributed by atoms with Crippen LogP contribution in [0.4, 0.5) is 16.3 Å². The Morgan fingerprint density at radius 3 is 2.26 bits per heavy atom. The summed E-state index contributed by atoms with van der Waals surface area (Å²) in [5.74, 6) is 0.288. The van der Waals surface area contributed by atoms with Crippen LogP contribution in [0.25, 0.3) is 22.3 Å². The largest absolute Gasteiger partial charge is 0.444 e. The van der Waals surface area contributed by atoms with Gasteiger partial charge in [0.05, 0.1) is 11.2 Å². The Morgan fingerprint density at radius 2 is 1.60 bits per heavy atom. The van der Waals surface area contributed by atoms with Crippen LogP contribution in [0.2, 0.25) is 0 Å². The van der Waals surface area contributed by atoms with Gasteiger partial charge in [0.25, 0.3) is 11.8 Å². The fourth-order valence-corrected chi connectivity index (χ4v) is 4.88. The second kappa shape index (κ2) is 12.0. The van der Waals surface area contributed by atoms with Crippen LogP contribution in [-0.2, 0) is 4.74 Å². The van der Waals surface area contributed by atoms with Crippen LogP contribution in [-0.4, -0.2) is 81.0 Å². The minimum Gasteiger partial charge on any atom is -0.444 e. The molecule has 1 aliphatic rings. The molecular weight excluding hydrogens is 546 g/mol. The maximum atomic E-state index is 13.4. The van der Waals surface area contributed by atoms with E-state index in [1.807, 2.05) is 52.0 Å². The fraction of sp³-hybridized carbons (Fsp3) is 0.312. The van der Waals surface area contributed by atoms with Crippen LogP contribution in [0.5, 0.6) is 0 Å². The first-order valence-electron chi connectivity index (χ1n) is 14.1. The summed E-state index contributed by atoms with van der Waals surface area (Å²) in [7, 11) is 1.59. The molecule has 11 heteroatoms. The van der Waals surface area contributed by atoms with Gasteiger partial charge in [0.15, 0.2) is 5.82 Å². The van der Waals surface area contributed by atoms with Gasteiger partial charge in [0.2, 0.25) is 0 Å². The van der Waals surface area contributed by atoms with E-state index in [0.717, 1.165) is 11.3 Å².